The summed E-state index contributed by atoms with van der Waals surface area (Å²) in [6.45, 7) is 3.60. The van der Waals surface area contributed by atoms with Gasteiger partial charge in [-0.25, -0.2) is 0 Å². The summed E-state index contributed by atoms with van der Waals surface area (Å²) < 4.78 is 10.8. The first kappa shape index (κ1) is 19.5. The number of methoxy groups -OCH3 is 1. The van der Waals surface area contributed by atoms with Crippen LogP contribution >= 0.6 is 12.4 Å². The molecule has 0 heterocycles. The zero-order valence-electron chi connectivity index (χ0n) is 12.7. The third-order valence-corrected chi connectivity index (χ3v) is 2.86. The second kappa shape index (κ2) is 11.2. The molecule has 0 aliphatic rings. The summed E-state index contributed by atoms with van der Waals surface area (Å²) in [5, 5.41) is 2.84. The zero-order chi connectivity index (χ0) is 14.8. The largest absolute Gasteiger partial charge is 0.493 e. The first-order valence-electron chi connectivity index (χ1n) is 6.97. The third-order valence-electron chi connectivity index (χ3n) is 2.86. The van der Waals surface area contributed by atoms with Gasteiger partial charge in [-0.2, -0.15) is 0 Å². The monoisotopic (exact) mass is 316 g/mol. The number of benzene rings is 1. The summed E-state index contributed by atoms with van der Waals surface area (Å²) >= 11 is 0. The first-order valence-corrected chi connectivity index (χ1v) is 6.97. The topological polar surface area (TPSA) is 73.6 Å². The van der Waals surface area contributed by atoms with Crippen molar-refractivity contribution in [1.82, 2.24) is 5.32 Å². The van der Waals surface area contributed by atoms with Crippen LogP contribution in [-0.4, -0.2) is 32.7 Å². The van der Waals surface area contributed by atoms with Gasteiger partial charge in [0.05, 0.1) is 13.7 Å². The van der Waals surface area contributed by atoms with Crippen LogP contribution < -0.4 is 20.5 Å². The molecule has 1 amide bonds. The van der Waals surface area contributed by atoms with Gasteiger partial charge < -0.3 is 20.5 Å². The molecule has 0 fully saturated rings. The minimum atomic E-state index is 0. The fraction of sp³-hybridized carbons (Fsp3) is 0.533. The Morgan fingerprint density at radius 1 is 1.33 bits per heavy atom. The normalized spacial score (nSPS) is 9.67. The van der Waals surface area contributed by atoms with E-state index in [1.54, 1.807) is 7.11 Å². The van der Waals surface area contributed by atoms with Crippen LogP contribution in [0.25, 0.3) is 0 Å². The standard InChI is InChI=1S/C15H24N2O3.ClH/c1-3-20-14-11-12(6-7-13(14)19-2)5-4-10-17-15(18)8-9-16;/h6-7,11H,3-5,8-10,16H2,1-2H3,(H,17,18);1H. The van der Waals surface area contributed by atoms with Crippen molar-refractivity contribution in [2.45, 2.75) is 26.2 Å². The van der Waals surface area contributed by atoms with Crippen LogP contribution in [0.5, 0.6) is 11.5 Å². The van der Waals surface area contributed by atoms with Crippen molar-refractivity contribution in [2.75, 3.05) is 26.8 Å². The SMILES string of the molecule is CCOc1cc(CCCNC(=O)CCN)ccc1OC.Cl. The molecule has 0 radical (unpaired) electrons. The number of amides is 1. The van der Waals surface area contributed by atoms with Gasteiger partial charge in [-0.05, 0) is 37.5 Å². The van der Waals surface area contributed by atoms with Crippen molar-refractivity contribution in [1.29, 1.82) is 0 Å². The number of carbonyl (C=O) groups excluding carboxylic acids is 1. The number of ether oxygens (including phenoxy) is 2. The number of aryl methyl sites for hydroxylation is 1. The minimum Gasteiger partial charge on any atom is -0.493 e. The summed E-state index contributed by atoms with van der Waals surface area (Å²) in [7, 11) is 1.63. The molecule has 5 nitrogen and oxygen atoms in total. The van der Waals surface area contributed by atoms with Gasteiger partial charge in [0.25, 0.3) is 0 Å². The fourth-order valence-corrected chi connectivity index (χ4v) is 1.88. The van der Waals surface area contributed by atoms with Crippen molar-refractivity contribution < 1.29 is 14.3 Å². The predicted molar refractivity (Wildman–Crippen MR) is 86.4 cm³/mol. The number of nitrogens with one attached hydrogen (secondary N) is 1. The molecule has 120 valence electrons. The lowest BCUT2D eigenvalue weighted by molar-refractivity contribution is -0.120. The van der Waals surface area contributed by atoms with E-state index in [2.05, 4.69) is 5.32 Å². The average Bonchev–Trinajstić information content (AvgIpc) is 2.44. The Morgan fingerprint density at radius 2 is 2.10 bits per heavy atom. The second-order valence-electron chi connectivity index (χ2n) is 4.41. The molecule has 0 aliphatic heterocycles. The molecule has 0 aliphatic carbocycles. The number of hydrogen-bond acceptors (Lipinski definition) is 4. The molecule has 0 saturated carbocycles. The van der Waals surface area contributed by atoms with Crippen molar-refractivity contribution in [3.05, 3.63) is 23.8 Å². The zero-order valence-corrected chi connectivity index (χ0v) is 13.5. The summed E-state index contributed by atoms with van der Waals surface area (Å²) in [5.41, 5.74) is 6.48. The Balaban J connectivity index is 0.00000400. The lowest BCUT2D eigenvalue weighted by atomic mass is 10.1. The Hall–Kier alpha value is -1.46. The van der Waals surface area contributed by atoms with E-state index in [-0.39, 0.29) is 18.3 Å². The van der Waals surface area contributed by atoms with Gasteiger partial charge in [-0.1, -0.05) is 6.07 Å². The Kier molecular flexibility index (Phi) is 10.4. The first-order chi connectivity index (χ1) is 9.71. The Bertz CT molecular complexity index is 427. The summed E-state index contributed by atoms with van der Waals surface area (Å²) in [5.74, 6) is 1.52. The number of carbonyl (C=O) groups is 1. The Morgan fingerprint density at radius 3 is 2.71 bits per heavy atom. The van der Waals surface area contributed by atoms with Crippen LogP contribution in [0.1, 0.15) is 25.3 Å². The number of nitrogens with two attached hydrogens (primary N) is 1. The molecule has 21 heavy (non-hydrogen) atoms. The summed E-state index contributed by atoms with van der Waals surface area (Å²) in [6.07, 6.45) is 2.15. The highest BCUT2D eigenvalue weighted by atomic mass is 35.5. The minimum absolute atomic E-state index is 0. The highest BCUT2D eigenvalue weighted by Gasteiger charge is 2.05. The molecule has 1 aromatic carbocycles. The number of hydrogen-bond donors (Lipinski definition) is 2. The van der Waals surface area contributed by atoms with E-state index in [0.29, 0.717) is 26.1 Å². The lowest BCUT2D eigenvalue weighted by Crippen LogP contribution is -2.26. The van der Waals surface area contributed by atoms with Crippen LogP contribution in [0.15, 0.2) is 18.2 Å². The van der Waals surface area contributed by atoms with Gasteiger partial charge in [-0.15, -0.1) is 12.4 Å². The van der Waals surface area contributed by atoms with Crippen LogP contribution in [0, 0.1) is 0 Å². The fourth-order valence-electron chi connectivity index (χ4n) is 1.88. The summed E-state index contributed by atoms with van der Waals surface area (Å²) in [6, 6.07) is 5.92. The molecule has 0 bridgehead atoms. The van der Waals surface area contributed by atoms with Crippen LogP contribution in [0.4, 0.5) is 0 Å². The van der Waals surface area contributed by atoms with E-state index >= 15 is 0 Å². The van der Waals surface area contributed by atoms with E-state index < -0.39 is 0 Å². The maximum atomic E-state index is 11.2. The second-order valence-corrected chi connectivity index (χ2v) is 4.41. The van der Waals surface area contributed by atoms with Gasteiger partial charge in [0.2, 0.25) is 5.91 Å². The average molecular weight is 317 g/mol. The predicted octanol–water partition coefficient (Wildman–Crippen LogP) is 1.91. The Labute approximate surface area is 132 Å². The van der Waals surface area contributed by atoms with E-state index in [0.717, 1.165) is 24.3 Å². The van der Waals surface area contributed by atoms with Gasteiger partial charge in [0.1, 0.15) is 0 Å². The van der Waals surface area contributed by atoms with Crippen molar-refractivity contribution in [2.24, 2.45) is 5.73 Å². The molecule has 0 spiro atoms. The molecule has 6 heteroatoms. The van der Waals surface area contributed by atoms with Crippen LogP contribution in [0.3, 0.4) is 0 Å². The molecule has 0 atom stereocenters. The highest BCUT2D eigenvalue weighted by Crippen LogP contribution is 2.28. The van der Waals surface area contributed by atoms with Gasteiger partial charge in [0.15, 0.2) is 11.5 Å². The molecule has 1 rings (SSSR count). The highest BCUT2D eigenvalue weighted by molar-refractivity contribution is 5.85. The van der Waals surface area contributed by atoms with Gasteiger partial charge in [-0.3, -0.25) is 4.79 Å². The van der Waals surface area contributed by atoms with Crippen LogP contribution in [-0.2, 0) is 11.2 Å². The summed E-state index contributed by atoms with van der Waals surface area (Å²) in [4.78, 5) is 11.2. The van der Waals surface area contributed by atoms with Gasteiger partial charge >= 0.3 is 0 Å². The number of halogens is 1. The number of rotatable bonds is 9. The molecule has 3 N–H and O–H groups in total. The van der Waals surface area contributed by atoms with E-state index in [1.165, 1.54) is 5.56 Å². The molecule has 0 unspecified atom stereocenters. The maximum absolute atomic E-state index is 11.2. The smallest absolute Gasteiger partial charge is 0.221 e. The lowest BCUT2D eigenvalue weighted by Gasteiger charge is -2.11. The van der Waals surface area contributed by atoms with Crippen molar-refractivity contribution in [3.8, 4) is 11.5 Å². The quantitative estimate of drug-likeness (QED) is 0.683. The molecular formula is C15H25ClN2O3. The van der Waals surface area contributed by atoms with E-state index in [9.17, 15) is 4.79 Å². The molecule has 0 aromatic heterocycles. The third kappa shape index (κ3) is 7.20. The van der Waals surface area contributed by atoms with Gasteiger partial charge in [0, 0.05) is 19.5 Å². The van der Waals surface area contributed by atoms with Crippen molar-refractivity contribution in [3.63, 3.8) is 0 Å². The maximum Gasteiger partial charge on any atom is 0.221 e. The van der Waals surface area contributed by atoms with E-state index in [1.807, 2.05) is 25.1 Å². The van der Waals surface area contributed by atoms with E-state index in [4.69, 9.17) is 15.2 Å². The molecular weight excluding hydrogens is 292 g/mol. The molecule has 0 saturated heterocycles. The van der Waals surface area contributed by atoms with Crippen molar-refractivity contribution >= 4 is 18.3 Å². The van der Waals surface area contributed by atoms with Crippen LogP contribution in [0.2, 0.25) is 0 Å². The molecule has 1 aromatic rings.